The van der Waals surface area contributed by atoms with Crippen molar-refractivity contribution in [2.24, 2.45) is 11.7 Å². The van der Waals surface area contributed by atoms with Gasteiger partial charge in [0.15, 0.2) is 9.84 Å². The molecule has 2 N–H and O–H groups in total. The van der Waals surface area contributed by atoms with E-state index < -0.39 is 9.84 Å². The minimum absolute atomic E-state index is 0.0432. The van der Waals surface area contributed by atoms with Crippen molar-refractivity contribution in [1.82, 2.24) is 4.90 Å². The van der Waals surface area contributed by atoms with Gasteiger partial charge in [-0.1, -0.05) is 18.2 Å². The summed E-state index contributed by atoms with van der Waals surface area (Å²) in [6.07, 6.45) is 1.05. The number of carbonyl (C=O) groups excluding carboxylic acids is 2. The maximum Gasteiger partial charge on any atom is 0.223 e. The van der Waals surface area contributed by atoms with Crippen molar-refractivity contribution >= 4 is 21.7 Å². The summed E-state index contributed by atoms with van der Waals surface area (Å²) in [6, 6.07) is 8.11. The van der Waals surface area contributed by atoms with Crippen LogP contribution in [0.4, 0.5) is 0 Å². The first kappa shape index (κ1) is 16.5. The lowest BCUT2D eigenvalue weighted by atomic mass is 9.96. The second kappa shape index (κ2) is 6.91. The molecule has 1 saturated heterocycles. The lowest BCUT2D eigenvalue weighted by Gasteiger charge is -2.30. The maximum absolute atomic E-state index is 12.1. The van der Waals surface area contributed by atoms with E-state index in [0.29, 0.717) is 25.9 Å². The Balaban J connectivity index is 1.87. The molecule has 22 heavy (non-hydrogen) atoms. The fourth-order valence-electron chi connectivity index (χ4n) is 2.54. The van der Waals surface area contributed by atoms with Gasteiger partial charge in [-0.15, -0.1) is 0 Å². The van der Waals surface area contributed by atoms with Crippen LogP contribution < -0.4 is 5.73 Å². The van der Waals surface area contributed by atoms with Gasteiger partial charge in [0.2, 0.25) is 11.8 Å². The van der Waals surface area contributed by atoms with Gasteiger partial charge in [0.25, 0.3) is 0 Å². The van der Waals surface area contributed by atoms with Crippen LogP contribution in [-0.2, 0) is 19.4 Å². The molecule has 1 aromatic rings. The number of carbonyl (C=O) groups is 2. The van der Waals surface area contributed by atoms with Gasteiger partial charge in [-0.2, -0.15) is 0 Å². The highest BCUT2D eigenvalue weighted by Gasteiger charge is 2.26. The molecule has 1 fully saturated rings. The number of hydrogen-bond acceptors (Lipinski definition) is 4. The van der Waals surface area contributed by atoms with E-state index >= 15 is 0 Å². The van der Waals surface area contributed by atoms with E-state index in [-0.39, 0.29) is 34.8 Å². The zero-order valence-electron chi connectivity index (χ0n) is 12.3. The zero-order valence-corrected chi connectivity index (χ0v) is 13.1. The molecule has 120 valence electrons. The van der Waals surface area contributed by atoms with Gasteiger partial charge in [0, 0.05) is 25.4 Å². The Morgan fingerprint density at radius 3 is 2.27 bits per heavy atom. The average Bonchev–Trinajstić information content (AvgIpc) is 2.53. The highest BCUT2D eigenvalue weighted by atomic mass is 32.2. The predicted octanol–water partition coefficient (Wildman–Crippen LogP) is 0.574. The Morgan fingerprint density at radius 1 is 1.14 bits per heavy atom. The normalized spacial score (nSPS) is 16.5. The van der Waals surface area contributed by atoms with E-state index in [9.17, 15) is 18.0 Å². The number of amides is 2. The van der Waals surface area contributed by atoms with Crippen molar-refractivity contribution in [2.45, 2.75) is 24.2 Å². The minimum atomic E-state index is -3.44. The summed E-state index contributed by atoms with van der Waals surface area (Å²) < 4.78 is 24.3. The first-order chi connectivity index (χ1) is 10.4. The van der Waals surface area contributed by atoms with Crippen LogP contribution in [0.15, 0.2) is 35.2 Å². The number of primary amides is 1. The first-order valence-electron chi connectivity index (χ1n) is 7.25. The monoisotopic (exact) mass is 324 g/mol. The number of hydrogen-bond donors (Lipinski definition) is 1. The van der Waals surface area contributed by atoms with Crippen LogP contribution in [0.3, 0.4) is 0 Å². The second-order valence-corrected chi connectivity index (χ2v) is 7.55. The Bertz CT molecular complexity index is 635. The molecule has 0 unspecified atom stereocenters. The molecule has 2 amide bonds. The van der Waals surface area contributed by atoms with Crippen molar-refractivity contribution < 1.29 is 18.0 Å². The van der Waals surface area contributed by atoms with Crippen LogP contribution in [-0.4, -0.2) is 44.0 Å². The Labute approximate surface area is 130 Å². The topological polar surface area (TPSA) is 97.5 Å². The van der Waals surface area contributed by atoms with E-state index in [4.69, 9.17) is 5.73 Å². The second-order valence-electron chi connectivity index (χ2n) is 5.44. The van der Waals surface area contributed by atoms with E-state index in [1.54, 1.807) is 23.1 Å². The number of piperidine rings is 1. The molecule has 1 aliphatic heterocycles. The van der Waals surface area contributed by atoms with Crippen LogP contribution in [0, 0.1) is 5.92 Å². The molecule has 0 radical (unpaired) electrons. The molecule has 2 rings (SSSR count). The summed E-state index contributed by atoms with van der Waals surface area (Å²) in [5.41, 5.74) is 5.25. The third-order valence-corrected chi connectivity index (χ3v) is 5.67. The van der Waals surface area contributed by atoms with Crippen molar-refractivity contribution in [3.05, 3.63) is 30.3 Å². The van der Waals surface area contributed by atoms with Gasteiger partial charge >= 0.3 is 0 Å². The standard InChI is InChI=1S/C15H20N2O4S/c16-15(19)12-6-9-17(10-7-12)14(18)8-11-22(20,21)13-4-2-1-3-5-13/h1-5,12H,6-11H2,(H2,16,19). The van der Waals surface area contributed by atoms with Crippen molar-refractivity contribution in [3.8, 4) is 0 Å². The van der Waals surface area contributed by atoms with Gasteiger partial charge in [-0.05, 0) is 25.0 Å². The predicted molar refractivity (Wildman–Crippen MR) is 81.6 cm³/mol. The number of rotatable bonds is 5. The number of nitrogens with two attached hydrogens (primary N) is 1. The van der Waals surface area contributed by atoms with Crippen LogP contribution in [0.2, 0.25) is 0 Å². The molecule has 0 saturated carbocycles. The molecule has 0 bridgehead atoms. The highest BCUT2D eigenvalue weighted by Crippen LogP contribution is 2.18. The quantitative estimate of drug-likeness (QED) is 0.856. The lowest BCUT2D eigenvalue weighted by molar-refractivity contribution is -0.134. The van der Waals surface area contributed by atoms with E-state index in [0.717, 1.165) is 0 Å². The average molecular weight is 324 g/mol. The minimum Gasteiger partial charge on any atom is -0.369 e. The molecule has 0 aromatic heterocycles. The third-order valence-electron chi connectivity index (χ3n) is 3.94. The number of sulfone groups is 1. The molecule has 7 heteroatoms. The summed E-state index contributed by atoms with van der Waals surface area (Å²) in [5, 5.41) is 0. The number of nitrogens with zero attached hydrogens (tertiary/aromatic N) is 1. The SMILES string of the molecule is NC(=O)C1CCN(C(=O)CCS(=O)(=O)c2ccccc2)CC1. The molecular weight excluding hydrogens is 304 g/mol. The van der Waals surface area contributed by atoms with Gasteiger partial charge in [0.05, 0.1) is 10.6 Å². The summed E-state index contributed by atoms with van der Waals surface area (Å²) in [6.45, 7) is 0.912. The number of benzene rings is 1. The summed E-state index contributed by atoms with van der Waals surface area (Å²) >= 11 is 0. The van der Waals surface area contributed by atoms with Gasteiger partial charge in [-0.25, -0.2) is 8.42 Å². The Kier molecular flexibility index (Phi) is 5.18. The maximum atomic E-state index is 12.1. The van der Waals surface area contributed by atoms with Gasteiger partial charge in [-0.3, -0.25) is 9.59 Å². The van der Waals surface area contributed by atoms with Gasteiger partial charge < -0.3 is 10.6 Å². The largest absolute Gasteiger partial charge is 0.369 e. The number of likely N-dealkylation sites (tertiary alicyclic amines) is 1. The summed E-state index contributed by atoms with van der Waals surface area (Å²) in [5.74, 6) is -0.913. The Morgan fingerprint density at radius 2 is 1.73 bits per heavy atom. The van der Waals surface area contributed by atoms with Gasteiger partial charge in [0.1, 0.15) is 0 Å². The fourth-order valence-corrected chi connectivity index (χ4v) is 3.79. The molecule has 0 aliphatic carbocycles. The highest BCUT2D eigenvalue weighted by molar-refractivity contribution is 7.91. The molecule has 0 atom stereocenters. The molecule has 0 spiro atoms. The molecular formula is C15H20N2O4S. The smallest absolute Gasteiger partial charge is 0.223 e. The zero-order chi connectivity index (χ0) is 16.2. The van der Waals surface area contributed by atoms with E-state index in [1.165, 1.54) is 12.1 Å². The van der Waals surface area contributed by atoms with Crippen LogP contribution in [0.5, 0.6) is 0 Å². The molecule has 6 nitrogen and oxygen atoms in total. The summed E-state index contributed by atoms with van der Waals surface area (Å²) in [7, 11) is -3.44. The molecule has 1 aromatic carbocycles. The van der Waals surface area contributed by atoms with Crippen LogP contribution in [0.25, 0.3) is 0 Å². The Hall–Kier alpha value is -1.89. The van der Waals surface area contributed by atoms with Crippen LogP contribution in [0.1, 0.15) is 19.3 Å². The van der Waals surface area contributed by atoms with E-state index in [1.807, 2.05) is 0 Å². The molecule has 1 aliphatic rings. The third kappa shape index (κ3) is 4.07. The first-order valence-corrected chi connectivity index (χ1v) is 8.90. The van der Waals surface area contributed by atoms with Crippen LogP contribution >= 0.6 is 0 Å². The van der Waals surface area contributed by atoms with Crippen molar-refractivity contribution in [1.29, 1.82) is 0 Å². The lowest BCUT2D eigenvalue weighted by Crippen LogP contribution is -2.42. The molecule has 1 heterocycles. The fraction of sp³-hybridized carbons (Fsp3) is 0.467. The summed E-state index contributed by atoms with van der Waals surface area (Å²) in [4.78, 5) is 25.0. The van der Waals surface area contributed by atoms with Crippen molar-refractivity contribution in [2.75, 3.05) is 18.8 Å². The van der Waals surface area contributed by atoms with Crippen molar-refractivity contribution in [3.63, 3.8) is 0 Å². The van der Waals surface area contributed by atoms with E-state index in [2.05, 4.69) is 0 Å².